The number of hydrogen-bond acceptors (Lipinski definition) is 2. The first kappa shape index (κ1) is 12.0. The molecule has 3 heteroatoms. The molecule has 0 bridgehead atoms. The Labute approximate surface area is 91.0 Å². The van der Waals surface area contributed by atoms with Crippen molar-refractivity contribution in [2.45, 2.75) is 45.1 Å². The minimum atomic E-state index is -0.356. The van der Waals surface area contributed by atoms with Crippen molar-refractivity contribution in [3.05, 3.63) is 34.4 Å². The SMILES string of the molecule is CC/C=C\CC[C@H]1CC=CC[C@@H]1[N+](=O)[O-]. The largest absolute Gasteiger partial charge is 0.264 e. The molecule has 0 fully saturated rings. The van der Waals surface area contributed by atoms with Gasteiger partial charge in [-0.05, 0) is 25.7 Å². The predicted octanol–water partition coefficient (Wildman–Crippen LogP) is 3.34. The third-order valence-electron chi connectivity index (χ3n) is 2.90. The molecule has 0 heterocycles. The fourth-order valence-electron chi connectivity index (χ4n) is 2.02. The molecule has 0 saturated carbocycles. The number of rotatable bonds is 5. The van der Waals surface area contributed by atoms with Gasteiger partial charge in [-0.1, -0.05) is 31.2 Å². The molecule has 3 nitrogen and oxygen atoms in total. The topological polar surface area (TPSA) is 43.1 Å². The molecule has 0 aromatic rings. The van der Waals surface area contributed by atoms with Crippen LogP contribution in [0, 0.1) is 16.0 Å². The lowest BCUT2D eigenvalue weighted by atomic mass is 9.86. The molecule has 15 heavy (non-hydrogen) atoms. The van der Waals surface area contributed by atoms with E-state index in [2.05, 4.69) is 25.2 Å². The Kier molecular flexibility index (Phi) is 5.08. The second-order valence-corrected chi connectivity index (χ2v) is 4.01. The van der Waals surface area contributed by atoms with Gasteiger partial charge >= 0.3 is 0 Å². The van der Waals surface area contributed by atoms with Gasteiger partial charge in [0.05, 0.1) is 0 Å². The van der Waals surface area contributed by atoms with Crippen molar-refractivity contribution in [3.8, 4) is 0 Å². The summed E-state index contributed by atoms with van der Waals surface area (Å²) in [6.45, 7) is 2.10. The Hall–Kier alpha value is -1.12. The van der Waals surface area contributed by atoms with Crippen LogP contribution in [0.1, 0.15) is 39.0 Å². The van der Waals surface area contributed by atoms with Crippen molar-refractivity contribution in [1.82, 2.24) is 0 Å². The van der Waals surface area contributed by atoms with Crippen LogP contribution < -0.4 is 0 Å². The van der Waals surface area contributed by atoms with Gasteiger partial charge in [0.25, 0.3) is 0 Å². The number of nitrogens with zero attached hydrogens (tertiary/aromatic N) is 1. The van der Waals surface area contributed by atoms with Crippen LogP contribution in [0.4, 0.5) is 0 Å². The minimum Gasteiger partial charge on any atom is -0.264 e. The Balaban J connectivity index is 2.40. The minimum absolute atomic E-state index is 0.113. The molecule has 84 valence electrons. The van der Waals surface area contributed by atoms with Gasteiger partial charge in [-0.15, -0.1) is 0 Å². The highest BCUT2D eigenvalue weighted by Gasteiger charge is 2.30. The van der Waals surface area contributed by atoms with Crippen molar-refractivity contribution in [2.75, 3.05) is 0 Å². The molecule has 0 saturated heterocycles. The molecule has 0 aliphatic heterocycles. The summed E-state index contributed by atoms with van der Waals surface area (Å²) < 4.78 is 0. The van der Waals surface area contributed by atoms with E-state index in [1.54, 1.807) is 0 Å². The van der Waals surface area contributed by atoms with Gasteiger partial charge < -0.3 is 0 Å². The monoisotopic (exact) mass is 209 g/mol. The summed E-state index contributed by atoms with van der Waals surface area (Å²) in [5, 5.41) is 10.8. The lowest BCUT2D eigenvalue weighted by Crippen LogP contribution is -2.30. The number of hydrogen-bond donors (Lipinski definition) is 0. The van der Waals surface area contributed by atoms with Crippen LogP contribution in [0.15, 0.2) is 24.3 Å². The standard InChI is InChI=1S/C12H19NO2/c1-2-3-4-5-8-11-9-6-7-10-12(11)13(14)15/h3-4,6-7,11-12H,2,5,8-10H2,1H3/b4-3-/t11-,12-/m0/s1. The van der Waals surface area contributed by atoms with Crippen LogP contribution in [-0.4, -0.2) is 11.0 Å². The van der Waals surface area contributed by atoms with Crippen LogP contribution in [0.2, 0.25) is 0 Å². The zero-order valence-electron chi connectivity index (χ0n) is 9.26. The highest BCUT2D eigenvalue weighted by atomic mass is 16.6. The Bertz CT molecular complexity index is 258. The van der Waals surface area contributed by atoms with Crippen molar-refractivity contribution in [1.29, 1.82) is 0 Å². The van der Waals surface area contributed by atoms with E-state index < -0.39 is 0 Å². The molecule has 1 aliphatic carbocycles. The summed E-state index contributed by atoms with van der Waals surface area (Å²) in [7, 11) is 0. The van der Waals surface area contributed by atoms with Crippen LogP contribution in [0.5, 0.6) is 0 Å². The summed E-state index contributed by atoms with van der Waals surface area (Å²) in [5.74, 6) is 0.228. The van der Waals surface area contributed by atoms with E-state index in [0.29, 0.717) is 6.42 Å². The van der Waals surface area contributed by atoms with E-state index in [-0.39, 0.29) is 16.9 Å². The molecule has 0 spiro atoms. The molecule has 0 unspecified atom stereocenters. The Morgan fingerprint density at radius 2 is 2.13 bits per heavy atom. The van der Waals surface area contributed by atoms with Gasteiger partial charge in [0.2, 0.25) is 6.04 Å². The normalized spacial score (nSPS) is 25.9. The molecule has 1 aliphatic rings. The summed E-state index contributed by atoms with van der Waals surface area (Å²) in [6, 6.07) is -0.356. The second-order valence-electron chi connectivity index (χ2n) is 4.01. The fourth-order valence-corrected chi connectivity index (χ4v) is 2.02. The summed E-state index contributed by atoms with van der Waals surface area (Å²) in [4.78, 5) is 10.7. The van der Waals surface area contributed by atoms with E-state index in [0.717, 1.165) is 25.7 Å². The van der Waals surface area contributed by atoms with Crippen molar-refractivity contribution >= 4 is 0 Å². The van der Waals surface area contributed by atoms with Crippen molar-refractivity contribution in [3.63, 3.8) is 0 Å². The molecule has 1 rings (SSSR count). The van der Waals surface area contributed by atoms with Crippen molar-refractivity contribution < 1.29 is 4.92 Å². The summed E-state index contributed by atoms with van der Waals surface area (Å²) in [5.41, 5.74) is 0. The number of nitro groups is 1. The predicted molar refractivity (Wildman–Crippen MR) is 61.3 cm³/mol. The first-order valence-electron chi connectivity index (χ1n) is 5.69. The van der Waals surface area contributed by atoms with Crippen LogP contribution in [0.25, 0.3) is 0 Å². The van der Waals surface area contributed by atoms with Crippen molar-refractivity contribution in [2.24, 2.45) is 5.92 Å². The molecule has 2 atom stereocenters. The highest BCUT2D eigenvalue weighted by molar-refractivity contribution is 4.95. The zero-order valence-corrected chi connectivity index (χ0v) is 9.26. The molecular weight excluding hydrogens is 190 g/mol. The highest BCUT2D eigenvalue weighted by Crippen LogP contribution is 2.25. The Morgan fingerprint density at radius 3 is 2.80 bits per heavy atom. The Morgan fingerprint density at radius 1 is 1.40 bits per heavy atom. The van der Waals surface area contributed by atoms with Crippen LogP contribution in [-0.2, 0) is 0 Å². The number of allylic oxidation sites excluding steroid dienone is 3. The van der Waals surface area contributed by atoms with Crippen LogP contribution in [0.3, 0.4) is 0 Å². The average molecular weight is 209 g/mol. The molecule has 0 amide bonds. The van der Waals surface area contributed by atoms with E-state index in [1.807, 2.05) is 6.08 Å². The molecule has 0 aromatic carbocycles. The zero-order chi connectivity index (χ0) is 11.1. The lowest BCUT2D eigenvalue weighted by Gasteiger charge is -2.21. The van der Waals surface area contributed by atoms with E-state index >= 15 is 0 Å². The van der Waals surface area contributed by atoms with Gasteiger partial charge in [-0.2, -0.15) is 0 Å². The maximum absolute atomic E-state index is 10.8. The van der Waals surface area contributed by atoms with E-state index in [9.17, 15) is 10.1 Å². The summed E-state index contributed by atoms with van der Waals surface area (Å²) >= 11 is 0. The molecule has 0 radical (unpaired) electrons. The first-order valence-corrected chi connectivity index (χ1v) is 5.69. The van der Waals surface area contributed by atoms with Gasteiger partial charge in [-0.3, -0.25) is 10.1 Å². The van der Waals surface area contributed by atoms with E-state index in [1.165, 1.54) is 0 Å². The molecular formula is C12H19NO2. The third kappa shape index (κ3) is 3.86. The van der Waals surface area contributed by atoms with Gasteiger partial charge in [0.1, 0.15) is 0 Å². The fraction of sp³-hybridized carbons (Fsp3) is 0.667. The second kappa shape index (κ2) is 6.38. The third-order valence-corrected chi connectivity index (χ3v) is 2.90. The quantitative estimate of drug-likeness (QED) is 0.396. The smallest absolute Gasteiger partial charge is 0.219 e. The first-order chi connectivity index (χ1) is 7.25. The van der Waals surface area contributed by atoms with Crippen LogP contribution >= 0.6 is 0 Å². The average Bonchev–Trinajstić information content (AvgIpc) is 2.25. The van der Waals surface area contributed by atoms with E-state index in [4.69, 9.17) is 0 Å². The van der Waals surface area contributed by atoms with Gasteiger partial charge in [0, 0.05) is 17.3 Å². The molecule has 0 aromatic heterocycles. The molecule has 0 N–H and O–H groups in total. The lowest BCUT2D eigenvalue weighted by molar-refractivity contribution is -0.532. The summed E-state index contributed by atoms with van der Waals surface area (Å²) in [6.07, 6.45) is 12.7. The maximum Gasteiger partial charge on any atom is 0.219 e. The van der Waals surface area contributed by atoms with Gasteiger partial charge in [-0.25, -0.2) is 0 Å². The maximum atomic E-state index is 10.8. The van der Waals surface area contributed by atoms with Gasteiger partial charge in [0.15, 0.2) is 0 Å².